The molecule has 0 spiro atoms. The van der Waals surface area contributed by atoms with E-state index in [0.29, 0.717) is 4.77 Å². The summed E-state index contributed by atoms with van der Waals surface area (Å²) >= 11 is 5.43. The van der Waals surface area contributed by atoms with Crippen LogP contribution in [0.1, 0.15) is 24.1 Å². The number of hydrogen-bond acceptors (Lipinski definition) is 1. The van der Waals surface area contributed by atoms with Gasteiger partial charge in [0.25, 0.3) is 0 Å². The summed E-state index contributed by atoms with van der Waals surface area (Å²) in [6.07, 6.45) is 0. The lowest BCUT2D eigenvalue weighted by molar-refractivity contribution is 0.618. The van der Waals surface area contributed by atoms with E-state index in [0.717, 1.165) is 16.6 Å². The normalized spacial score (nSPS) is 12.8. The number of hydrogen-bond donors (Lipinski definition) is 1. The van der Waals surface area contributed by atoms with E-state index in [1.807, 2.05) is 0 Å². The zero-order valence-corrected chi connectivity index (χ0v) is 12.2. The lowest BCUT2D eigenvalue weighted by atomic mass is 10.1. The van der Waals surface area contributed by atoms with Crippen LogP contribution in [-0.4, -0.2) is 9.55 Å². The van der Waals surface area contributed by atoms with Crippen LogP contribution < -0.4 is 0 Å². The fourth-order valence-corrected chi connectivity index (χ4v) is 2.89. The maximum Gasteiger partial charge on any atom is 0.178 e. The molecule has 3 aromatic rings. The Morgan fingerprint density at radius 2 is 1.85 bits per heavy atom. The van der Waals surface area contributed by atoms with E-state index in [-0.39, 0.29) is 11.9 Å². The van der Waals surface area contributed by atoms with Gasteiger partial charge in [-0.05, 0) is 61.5 Å². The summed E-state index contributed by atoms with van der Waals surface area (Å²) in [6, 6.07) is 12.8. The number of fused-ring (bicyclic) bond motifs is 1. The summed E-state index contributed by atoms with van der Waals surface area (Å²) in [5, 5.41) is 0. The zero-order valence-electron chi connectivity index (χ0n) is 11.4. The molecule has 2 nitrogen and oxygen atoms in total. The molecule has 1 atom stereocenters. The van der Waals surface area contributed by atoms with Gasteiger partial charge < -0.3 is 9.55 Å². The second-order valence-corrected chi connectivity index (χ2v) is 5.43. The van der Waals surface area contributed by atoms with Crippen molar-refractivity contribution in [1.82, 2.24) is 9.55 Å². The molecule has 0 aliphatic carbocycles. The first kappa shape index (κ1) is 13.1. The predicted octanol–water partition coefficient (Wildman–Crippen LogP) is 4.76. The minimum absolute atomic E-state index is 0.0551. The molecule has 0 saturated carbocycles. The lowest BCUT2D eigenvalue weighted by Gasteiger charge is -2.15. The lowest BCUT2D eigenvalue weighted by Crippen LogP contribution is -2.06. The number of rotatable bonds is 2. The third kappa shape index (κ3) is 2.16. The Labute approximate surface area is 121 Å². The summed E-state index contributed by atoms with van der Waals surface area (Å²) in [5.41, 5.74) is 4.32. The van der Waals surface area contributed by atoms with Crippen molar-refractivity contribution in [2.45, 2.75) is 19.9 Å². The number of H-pyrrole nitrogens is 1. The van der Waals surface area contributed by atoms with Crippen molar-refractivity contribution in [3.05, 3.63) is 64.2 Å². The van der Waals surface area contributed by atoms with Gasteiger partial charge in [0.05, 0.1) is 17.1 Å². The van der Waals surface area contributed by atoms with Gasteiger partial charge >= 0.3 is 0 Å². The van der Waals surface area contributed by atoms with Gasteiger partial charge in [0.15, 0.2) is 4.77 Å². The molecule has 4 heteroatoms. The summed E-state index contributed by atoms with van der Waals surface area (Å²) in [5.74, 6) is -0.223. The summed E-state index contributed by atoms with van der Waals surface area (Å²) in [6.45, 7) is 4.12. The molecule has 1 aromatic heterocycles. The molecule has 0 aliphatic heterocycles. The van der Waals surface area contributed by atoms with E-state index >= 15 is 0 Å². The number of aromatic nitrogens is 2. The van der Waals surface area contributed by atoms with Crippen molar-refractivity contribution in [3.63, 3.8) is 0 Å². The second kappa shape index (κ2) is 4.87. The average Bonchev–Trinajstić information content (AvgIpc) is 2.73. The van der Waals surface area contributed by atoms with Crippen molar-refractivity contribution >= 4 is 23.3 Å². The Bertz CT molecular complexity index is 815. The Morgan fingerprint density at radius 1 is 1.15 bits per heavy atom. The highest BCUT2D eigenvalue weighted by Crippen LogP contribution is 2.25. The van der Waals surface area contributed by atoms with Gasteiger partial charge in [0.1, 0.15) is 5.82 Å². The Balaban J connectivity index is 2.16. The van der Waals surface area contributed by atoms with Crippen LogP contribution in [0.15, 0.2) is 42.5 Å². The number of halogens is 1. The fourth-order valence-electron chi connectivity index (χ4n) is 2.52. The van der Waals surface area contributed by atoms with Gasteiger partial charge in [0, 0.05) is 0 Å². The Hall–Kier alpha value is -1.94. The minimum Gasteiger partial charge on any atom is -0.331 e. The van der Waals surface area contributed by atoms with Crippen LogP contribution in [0.25, 0.3) is 11.0 Å². The van der Waals surface area contributed by atoms with Gasteiger partial charge in [-0.1, -0.05) is 18.2 Å². The quantitative estimate of drug-likeness (QED) is 0.674. The third-order valence-electron chi connectivity index (χ3n) is 3.61. The first-order valence-corrected chi connectivity index (χ1v) is 6.93. The predicted molar refractivity (Wildman–Crippen MR) is 82.1 cm³/mol. The molecule has 2 aromatic carbocycles. The number of nitrogens with zero attached hydrogens (tertiary/aromatic N) is 1. The zero-order chi connectivity index (χ0) is 14.3. The molecule has 0 aliphatic rings. The van der Waals surface area contributed by atoms with Crippen LogP contribution >= 0.6 is 12.2 Å². The Morgan fingerprint density at radius 3 is 2.55 bits per heavy atom. The largest absolute Gasteiger partial charge is 0.331 e. The third-order valence-corrected chi connectivity index (χ3v) is 3.91. The van der Waals surface area contributed by atoms with Gasteiger partial charge in [-0.3, -0.25) is 0 Å². The van der Waals surface area contributed by atoms with E-state index in [9.17, 15) is 4.39 Å². The van der Waals surface area contributed by atoms with Gasteiger partial charge in [0.2, 0.25) is 0 Å². The first-order chi connectivity index (χ1) is 9.56. The molecule has 1 heterocycles. The highest BCUT2D eigenvalue weighted by molar-refractivity contribution is 7.71. The van der Waals surface area contributed by atoms with Crippen LogP contribution in [0.3, 0.4) is 0 Å². The van der Waals surface area contributed by atoms with E-state index in [1.54, 1.807) is 12.1 Å². The van der Waals surface area contributed by atoms with E-state index < -0.39 is 0 Å². The first-order valence-electron chi connectivity index (χ1n) is 6.52. The molecular formula is C16H15FN2S. The van der Waals surface area contributed by atoms with Crippen molar-refractivity contribution in [2.24, 2.45) is 0 Å². The summed E-state index contributed by atoms with van der Waals surface area (Å²) in [4.78, 5) is 3.23. The molecule has 1 unspecified atom stereocenters. The van der Waals surface area contributed by atoms with Crippen LogP contribution in [0.5, 0.6) is 0 Å². The monoisotopic (exact) mass is 286 g/mol. The highest BCUT2D eigenvalue weighted by atomic mass is 32.1. The maximum atomic E-state index is 13.0. The van der Waals surface area contributed by atoms with Crippen LogP contribution in [0, 0.1) is 17.5 Å². The van der Waals surface area contributed by atoms with Crippen LogP contribution in [0.2, 0.25) is 0 Å². The summed E-state index contributed by atoms with van der Waals surface area (Å²) in [7, 11) is 0. The highest BCUT2D eigenvalue weighted by Gasteiger charge is 2.13. The van der Waals surface area contributed by atoms with Crippen molar-refractivity contribution in [2.75, 3.05) is 0 Å². The van der Waals surface area contributed by atoms with Crippen LogP contribution in [-0.2, 0) is 0 Å². The number of aryl methyl sites for hydroxylation is 1. The number of imidazole rings is 1. The molecule has 0 amide bonds. The molecule has 0 bridgehead atoms. The standard InChI is InChI=1S/C16H15FN2S/c1-10-3-8-15-14(9-10)18-16(20)19(15)11(2)12-4-6-13(17)7-5-12/h3-9,11H,1-2H3,(H,18,20). The SMILES string of the molecule is Cc1ccc2c(c1)[nH]c(=S)n2C(C)c1ccc(F)cc1. The van der Waals surface area contributed by atoms with E-state index in [1.165, 1.54) is 17.7 Å². The topological polar surface area (TPSA) is 20.7 Å². The maximum absolute atomic E-state index is 13.0. The molecule has 102 valence electrons. The van der Waals surface area contributed by atoms with E-state index in [4.69, 9.17) is 12.2 Å². The smallest absolute Gasteiger partial charge is 0.178 e. The molecule has 0 saturated heterocycles. The van der Waals surface area contributed by atoms with Crippen LogP contribution in [0.4, 0.5) is 4.39 Å². The second-order valence-electron chi connectivity index (χ2n) is 5.05. The molecule has 20 heavy (non-hydrogen) atoms. The summed E-state index contributed by atoms with van der Waals surface area (Å²) < 4.78 is 15.8. The fraction of sp³-hybridized carbons (Fsp3) is 0.188. The van der Waals surface area contributed by atoms with Crippen molar-refractivity contribution in [1.29, 1.82) is 0 Å². The Kier molecular flexibility index (Phi) is 3.18. The van der Waals surface area contributed by atoms with Gasteiger partial charge in [-0.15, -0.1) is 0 Å². The molecule has 0 fully saturated rings. The average molecular weight is 286 g/mol. The number of benzene rings is 2. The molecular weight excluding hydrogens is 271 g/mol. The molecule has 0 radical (unpaired) electrons. The van der Waals surface area contributed by atoms with E-state index in [2.05, 4.69) is 41.6 Å². The van der Waals surface area contributed by atoms with Crippen molar-refractivity contribution in [3.8, 4) is 0 Å². The van der Waals surface area contributed by atoms with Gasteiger partial charge in [-0.25, -0.2) is 4.39 Å². The number of nitrogens with one attached hydrogen (secondary N) is 1. The molecule has 1 N–H and O–H groups in total. The van der Waals surface area contributed by atoms with Crippen molar-refractivity contribution < 1.29 is 4.39 Å². The molecule has 3 rings (SSSR count). The number of aromatic amines is 1. The minimum atomic E-state index is -0.223. The van der Waals surface area contributed by atoms with Gasteiger partial charge in [-0.2, -0.15) is 0 Å².